The third-order valence-corrected chi connectivity index (χ3v) is 6.24. The summed E-state index contributed by atoms with van der Waals surface area (Å²) >= 11 is 0. The first-order valence-corrected chi connectivity index (χ1v) is 9.88. The Kier molecular flexibility index (Phi) is 5.05. The fourth-order valence-corrected chi connectivity index (χ4v) is 4.82. The van der Waals surface area contributed by atoms with Crippen molar-refractivity contribution >= 4 is 24.0 Å². The van der Waals surface area contributed by atoms with Gasteiger partial charge in [0.05, 0.1) is 18.3 Å². The molecule has 0 spiro atoms. The van der Waals surface area contributed by atoms with Crippen LogP contribution < -0.4 is 0 Å². The minimum atomic E-state index is -0.727. The summed E-state index contributed by atoms with van der Waals surface area (Å²) < 4.78 is 11.4. The summed E-state index contributed by atoms with van der Waals surface area (Å²) in [4.78, 5) is 49.1. The fraction of sp³-hybridized carbons (Fsp3) is 0.391. The Labute approximate surface area is 173 Å². The van der Waals surface area contributed by atoms with Gasteiger partial charge in [-0.2, -0.15) is 0 Å². The molecule has 0 saturated carbocycles. The number of fused-ring (bicyclic) bond motifs is 3. The average Bonchev–Trinajstić information content (AvgIpc) is 3.15. The zero-order valence-corrected chi connectivity index (χ0v) is 16.7. The van der Waals surface area contributed by atoms with Crippen molar-refractivity contribution in [2.45, 2.75) is 38.9 Å². The summed E-state index contributed by atoms with van der Waals surface area (Å²) in [6, 6.07) is 6.25. The van der Waals surface area contributed by atoms with E-state index in [0.717, 1.165) is 5.57 Å². The number of ether oxygens (including phenoxy) is 2. The number of rotatable bonds is 4. The van der Waals surface area contributed by atoms with Gasteiger partial charge >= 0.3 is 11.9 Å². The highest BCUT2D eigenvalue weighted by Crippen LogP contribution is 2.48. The molecule has 1 aromatic carbocycles. The van der Waals surface area contributed by atoms with Crippen LogP contribution in [0.2, 0.25) is 0 Å². The minimum Gasteiger partial charge on any atom is -0.508 e. The number of carbonyl (C=O) groups is 4. The lowest BCUT2D eigenvalue weighted by Crippen LogP contribution is -2.38. The molecule has 0 radical (unpaired) electrons. The van der Waals surface area contributed by atoms with E-state index in [1.54, 1.807) is 26.0 Å². The van der Waals surface area contributed by atoms with Crippen LogP contribution in [0.4, 0.5) is 0 Å². The van der Waals surface area contributed by atoms with Gasteiger partial charge in [0.25, 0.3) is 0 Å². The van der Waals surface area contributed by atoms with Gasteiger partial charge in [0.2, 0.25) is 0 Å². The predicted octanol–water partition coefficient (Wildman–Crippen LogP) is 2.07. The molecule has 30 heavy (non-hydrogen) atoms. The summed E-state index contributed by atoms with van der Waals surface area (Å²) in [5, 5.41) is 9.39. The van der Waals surface area contributed by atoms with E-state index in [0.29, 0.717) is 29.4 Å². The first-order chi connectivity index (χ1) is 14.3. The first kappa shape index (κ1) is 20.1. The lowest BCUT2D eigenvalue weighted by molar-refractivity contribution is -0.152. The van der Waals surface area contributed by atoms with Gasteiger partial charge in [0.1, 0.15) is 24.2 Å². The SMILES string of the molecule is CC1=C2C(=O)C=C(C=O)[C@@H]2[C@H]2OC(=O)[C@@H](C)[C@@H]2[C@@H](OC(=O)Cc2ccc(O)cc2)C1. The highest BCUT2D eigenvalue weighted by molar-refractivity contribution is 6.12. The van der Waals surface area contributed by atoms with E-state index in [-0.39, 0.29) is 18.0 Å². The Bertz CT molecular complexity index is 985. The molecule has 0 unspecified atom stereocenters. The minimum absolute atomic E-state index is 0.00875. The van der Waals surface area contributed by atoms with E-state index in [2.05, 4.69) is 0 Å². The molecule has 1 fully saturated rings. The van der Waals surface area contributed by atoms with Crippen molar-refractivity contribution in [3.05, 3.63) is 52.6 Å². The maximum Gasteiger partial charge on any atom is 0.310 e. The molecule has 7 heteroatoms. The van der Waals surface area contributed by atoms with Gasteiger partial charge in [-0.05, 0) is 30.7 Å². The van der Waals surface area contributed by atoms with Gasteiger partial charge in [-0.3, -0.25) is 19.2 Å². The maximum absolute atomic E-state index is 12.6. The van der Waals surface area contributed by atoms with Gasteiger partial charge in [0.15, 0.2) is 5.78 Å². The molecule has 1 aromatic rings. The topological polar surface area (TPSA) is 107 Å². The van der Waals surface area contributed by atoms with Gasteiger partial charge in [-0.1, -0.05) is 24.6 Å². The number of aldehydes is 1. The number of phenolic OH excluding ortho intramolecular Hbond substituents is 1. The van der Waals surface area contributed by atoms with Crippen molar-refractivity contribution < 1.29 is 33.8 Å². The fourth-order valence-electron chi connectivity index (χ4n) is 4.82. The van der Waals surface area contributed by atoms with Crippen molar-refractivity contribution in [1.29, 1.82) is 0 Å². The molecule has 1 aliphatic heterocycles. The zero-order valence-electron chi connectivity index (χ0n) is 16.7. The maximum atomic E-state index is 12.6. The number of esters is 2. The molecule has 7 nitrogen and oxygen atoms in total. The van der Waals surface area contributed by atoms with Crippen LogP contribution in [-0.4, -0.2) is 41.3 Å². The molecule has 1 saturated heterocycles. The van der Waals surface area contributed by atoms with Crippen molar-refractivity contribution in [1.82, 2.24) is 0 Å². The third-order valence-electron chi connectivity index (χ3n) is 6.24. The number of phenols is 1. The molecule has 1 heterocycles. The molecule has 0 bridgehead atoms. The van der Waals surface area contributed by atoms with Crippen LogP contribution in [0.1, 0.15) is 25.8 Å². The van der Waals surface area contributed by atoms with Crippen molar-refractivity contribution in [3.63, 3.8) is 0 Å². The molecule has 0 aromatic heterocycles. The van der Waals surface area contributed by atoms with E-state index in [1.165, 1.54) is 18.2 Å². The van der Waals surface area contributed by atoms with E-state index in [4.69, 9.17) is 9.47 Å². The number of ketones is 1. The summed E-state index contributed by atoms with van der Waals surface area (Å²) in [7, 11) is 0. The van der Waals surface area contributed by atoms with Crippen LogP contribution in [0.3, 0.4) is 0 Å². The smallest absolute Gasteiger partial charge is 0.310 e. The zero-order chi connectivity index (χ0) is 21.6. The highest BCUT2D eigenvalue weighted by atomic mass is 16.6. The monoisotopic (exact) mass is 410 g/mol. The summed E-state index contributed by atoms with van der Waals surface area (Å²) in [6.07, 6.45) is 0.861. The molecule has 2 aliphatic carbocycles. The molecular weight excluding hydrogens is 388 g/mol. The predicted molar refractivity (Wildman–Crippen MR) is 104 cm³/mol. The van der Waals surface area contributed by atoms with E-state index in [1.807, 2.05) is 0 Å². The second-order valence-electron chi connectivity index (χ2n) is 8.14. The second-order valence-corrected chi connectivity index (χ2v) is 8.14. The molecule has 4 rings (SSSR count). The lowest BCUT2D eigenvalue weighted by atomic mass is 9.79. The van der Waals surface area contributed by atoms with Crippen molar-refractivity contribution in [2.24, 2.45) is 17.8 Å². The summed E-state index contributed by atoms with van der Waals surface area (Å²) in [5.41, 5.74) is 2.18. The molecule has 5 atom stereocenters. The Morgan fingerprint density at radius 1 is 1.27 bits per heavy atom. The van der Waals surface area contributed by atoms with Crippen LogP contribution in [0.15, 0.2) is 47.1 Å². The molecule has 0 amide bonds. The van der Waals surface area contributed by atoms with Crippen molar-refractivity contribution in [2.75, 3.05) is 0 Å². The standard InChI is InChI=1S/C23H22O7/c1-11-7-17(29-18(27)8-13-3-5-15(25)6-4-13)20-12(2)23(28)30-22(20)21-14(10-24)9-16(26)19(11)21/h3-6,9-10,12,17,20-22,25H,7-8H2,1-2H3/t12-,17-,20+,21-,22-/m0/s1. The van der Waals surface area contributed by atoms with Gasteiger partial charge in [-0.25, -0.2) is 0 Å². The number of allylic oxidation sites excluding steroid dienone is 1. The van der Waals surface area contributed by atoms with Crippen LogP contribution in [0.25, 0.3) is 0 Å². The number of benzene rings is 1. The Morgan fingerprint density at radius 2 is 1.97 bits per heavy atom. The molecule has 156 valence electrons. The van der Waals surface area contributed by atoms with E-state index in [9.17, 15) is 24.3 Å². The molecule has 3 aliphatic rings. The number of hydrogen-bond donors (Lipinski definition) is 1. The Hall–Kier alpha value is -3.22. The summed E-state index contributed by atoms with van der Waals surface area (Å²) in [5.74, 6) is -2.66. The van der Waals surface area contributed by atoms with Gasteiger partial charge in [-0.15, -0.1) is 0 Å². The number of carbonyl (C=O) groups excluding carboxylic acids is 4. The second kappa shape index (κ2) is 7.55. The van der Waals surface area contributed by atoms with Crippen LogP contribution >= 0.6 is 0 Å². The van der Waals surface area contributed by atoms with Crippen molar-refractivity contribution in [3.8, 4) is 5.75 Å². The first-order valence-electron chi connectivity index (χ1n) is 9.88. The van der Waals surface area contributed by atoms with E-state index >= 15 is 0 Å². The normalized spacial score (nSPS) is 30.2. The Morgan fingerprint density at radius 3 is 2.63 bits per heavy atom. The quantitative estimate of drug-likeness (QED) is 0.598. The summed E-state index contributed by atoms with van der Waals surface area (Å²) in [6.45, 7) is 3.51. The van der Waals surface area contributed by atoms with Crippen LogP contribution in [-0.2, 0) is 35.1 Å². The Balaban J connectivity index is 1.63. The largest absolute Gasteiger partial charge is 0.508 e. The van der Waals surface area contributed by atoms with E-state index < -0.39 is 41.9 Å². The average molecular weight is 410 g/mol. The van der Waals surface area contributed by atoms with Crippen LogP contribution in [0.5, 0.6) is 5.75 Å². The lowest BCUT2D eigenvalue weighted by Gasteiger charge is -2.29. The highest BCUT2D eigenvalue weighted by Gasteiger charge is 2.55. The van der Waals surface area contributed by atoms with Gasteiger partial charge in [0, 0.05) is 23.5 Å². The number of aromatic hydroxyl groups is 1. The number of hydrogen-bond acceptors (Lipinski definition) is 7. The van der Waals surface area contributed by atoms with Gasteiger partial charge < -0.3 is 14.6 Å². The molecule has 1 N–H and O–H groups in total. The third kappa shape index (κ3) is 3.34. The molecular formula is C23H22O7. The van der Waals surface area contributed by atoms with Crippen LogP contribution in [0, 0.1) is 17.8 Å².